The van der Waals surface area contributed by atoms with Crippen molar-refractivity contribution in [2.45, 2.75) is 26.2 Å². The molecule has 0 aliphatic rings. The highest BCUT2D eigenvalue weighted by atomic mass is 16.5. The molecule has 3 rings (SSSR count). The summed E-state index contributed by atoms with van der Waals surface area (Å²) in [5.74, 6) is 1.43. The monoisotopic (exact) mass is 389 g/mol. The molecule has 150 valence electrons. The predicted octanol–water partition coefficient (Wildman–Crippen LogP) is 5.47. The van der Waals surface area contributed by atoms with Crippen LogP contribution in [0, 0.1) is 0 Å². The zero-order valence-electron chi connectivity index (χ0n) is 16.8. The summed E-state index contributed by atoms with van der Waals surface area (Å²) in [6.07, 6.45) is 1.82. The number of hydrogen-bond donors (Lipinski definition) is 1. The van der Waals surface area contributed by atoms with Gasteiger partial charge in [-0.05, 0) is 49.1 Å². The van der Waals surface area contributed by atoms with Gasteiger partial charge < -0.3 is 14.8 Å². The minimum absolute atomic E-state index is 0.00722. The van der Waals surface area contributed by atoms with Crippen molar-refractivity contribution in [1.29, 1.82) is 0 Å². The van der Waals surface area contributed by atoms with Gasteiger partial charge in [0.05, 0.1) is 13.2 Å². The number of rotatable bonds is 10. The van der Waals surface area contributed by atoms with E-state index in [4.69, 9.17) is 9.47 Å². The summed E-state index contributed by atoms with van der Waals surface area (Å²) in [6.45, 7) is 2.99. The molecule has 1 N–H and O–H groups in total. The first kappa shape index (κ1) is 20.5. The average Bonchev–Trinajstić information content (AvgIpc) is 2.75. The zero-order valence-corrected chi connectivity index (χ0v) is 16.8. The van der Waals surface area contributed by atoms with Crippen LogP contribution in [0.1, 0.15) is 30.9 Å². The van der Waals surface area contributed by atoms with Gasteiger partial charge in [-0.1, -0.05) is 60.7 Å². The summed E-state index contributed by atoms with van der Waals surface area (Å²) in [4.78, 5) is 12.4. The molecular weight excluding hydrogens is 362 g/mol. The number of para-hydroxylation sites is 3. The Hall–Kier alpha value is -3.27. The topological polar surface area (TPSA) is 47.6 Å². The van der Waals surface area contributed by atoms with Crippen molar-refractivity contribution in [3.63, 3.8) is 0 Å². The molecule has 0 saturated heterocycles. The van der Waals surface area contributed by atoms with E-state index in [9.17, 15) is 4.79 Å². The van der Waals surface area contributed by atoms with Gasteiger partial charge in [-0.2, -0.15) is 0 Å². The third-order valence-corrected chi connectivity index (χ3v) is 4.48. The van der Waals surface area contributed by atoms with E-state index in [1.54, 1.807) is 0 Å². The molecule has 4 heteroatoms. The largest absolute Gasteiger partial charge is 0.490 e. The number of nitrogens with one attached hydrogen (secondary N) is 1. The molecule has 0 bridgehead atoms. The molecule has 0 radical (unpaired) electrons. The Bertz CT molecular complexity index is 909. The number of benzene rings is 3. The molecule has 3 aromatic rings. The van der Waals surface area contributed by atoms with Crippen molar-refractivity contribution in [2.75, 3.05) is 18.5 Å². The standard InChI is InChI=1S/C25H27NO3/c1-2-28-23-15-8-9-16-24(23)29-18-10-17-25(27)26-22-14-7-6-13-21(22)19-20-11-4-3-5-12-20/h3-9,11-16H,2,10,17-19H2,1H3,(H,26,27). The van der Waals surface area contributed by atoms with Crippen LogP contribution in [0.15, 0.2) is 78.9 Å². The van der Waals surface area contributed by atoms with Crippen molar-refractivity contribution in [3.8, 4) is 11.5 Å². The van der Waals surface area contributed by atoms with E-state index in [1.165, 1.54) is 5.56 Å². The van der Waals surface area contributed by atoms with Crippen molar-refractivity contribution < 1.29 is 14.3 Å². The minimum Gasteiger partial charge on any atom is -0.490 e. The lowest BCUT2D eigenvalue weighted by Gasteiger charge is -2.13. The molecule has 3 aromatic carbocycles. The van der Waals surface area contributed by atoms with Gasteiger partial charge >= 0.3 is 0 Å². The number of amides is 1. The summed E-state index contributed by atoms with van der Waals surface area (Å²) in [7, 11) is 0. The van der Waals surface area contributed by atoms with Crippen molar-refractivity contribution >= 4 is 11.6 Å². The van der Waals surface area contributed by atoms with Gasteiger partial charge in [-0.3, -0.25) is 4.79 Å². The Morgan fingerprint density at radius 3 is 2.24 bits per heavy atom. The van der Waals surface area contributed by atoms with Crippen molar-refractivity contribution in [2.24, 2.45) is 0 Å². The number of hydrogen-bond acceptors (Lipinski definition) is 3. The molecule has 0 aromatic heterocycles. The molecule has 0 unspecified atom stereocenters. The summed E-state index contributed by atoms with van der Waals surface area (Å²) in [5, 5.41) is 3.04. The third kappa shape index (κ3) is 6.39. The summed E-state index contributed by atoms with van der Waals surface area (Å²) in [6, 6.07) is 25.8. The normalized spacial score (nSPS) is 10.4. The highest BCUT2D eigenvalue weighted by Gasteiger charge is 2.08. The highest BCUT2D eigenvalue weighted by molar-refractivity contribution is 5.91. The third-order valence-electron chi connectivity index (χ3n) is 4.48. The van der Waals surface area contributed by atoms with E-state index in [1.807, 2.05) is 67.6 Å². The first-order valence-electron chi connectivity index (χ1n) is 10.0. The van der Waals surface area contributed by atoms with Gasteiger partial charge in [0.1, 0.15) is 0 Å². The van der Waals surface area contributed by atoms with E-state index in [2.05, 4.69) is 23.5 Å². The van der Waals surface area contributed by atoms with Crippen LogP contribution in [0.5, 0.6) is 11.5 Å². The first-order chi connectivity index (χ1) is 14.3. The molecule has 0 aliphatic heterocycles. The first-order valence-corrected chi connectivity index (χ1v) is 10.0. The van der Waals surface area contributed by atoms with Crippen LogP contribution in [0.4, 0.5) is 5.69 Å². The second-order valence-corrected chi connectivity index (χ2v) is 6.70. The SMILES string of the molecule is CCOc1ccccc1OCCCC(=O)Nc1ccccc1Cc1ccccc1. The Kier molecular flexibility index (Phi) is 7.70. The lowest BCUT2D eigenvalue weighted by atomic mass is 10.0. The summed E-state index contributed by atoms with van der Waals surface area (Å²) < 4.78 is 11.3. The van der Waals surface area contributed by atoms with E-state index in [0.29, 0.717) is 31.8 Å². The van der Waals surface area contributed by atoms with E-state index in [0.717, 1.165) is 23.4 Å². The Labute approximate surface area is 172 Å². The maximum atomic E-state index is 12.4. The van der Waals surface area contributed by atoms with Crippen molar-refractivity contribution in [1.82, 2.24) is 0 Å². The van der Waals surface area contributed by atoms with Crippen LogP contribution in [-0.4, -0.2) is 19.1 Å². The highest BCUT2D eigenvalue weighted by Crippen LogP contribution is 2.26. The smallest absolute Gasteiger partial charge is 0.224 e. The predicted molar refractivity (Wildman–Crippen MR) is 117 cm³/mol. The van der Waals surface area contributed by atoms with Crippen LogP contribution in [0.2, 0.25) is 0 Å². The maximum absolute atomic E-state index is 12.4. The van der Waals surface area contributed by atoms with Gasteiger partial charge in [-0.25, -0.2) is 0 Å². The van der Waals surface area contributed by atoms with E-state index < -0.39 is 0 Å². The van der Waals surface area contributed by atoms with Gasteiger partial charge in [0, 0.05) is 12.1 Å². The molecule has 29 heavy (non-hydrogen) atoms. The molecule has 0 fully saturated rings. The lowest BCUT2D eigenvalue weighted by molar-refractivity contribution is -0.116. The molecule has 0 spiro atoms. The number of ether oxygens (including phenoxy) is 2. The number of anilines is 1. The van der Waals surface area contributed by atoms with Gasteiger partial charge in [-0.15, -0.1) is 0 Å². The quantitative estimate of drug-likeness (QED) is 0.468. The molecular formula is C25H27NO3. The van der Waals surface area contributed by atoms with Crippen LogP contribution >= 0.6 is 0 Å². The molecule has 0 aliphatic carbocycles. The van der Waals surface area contributed by atoms with Gasteiger partial charge in [0.2, 0.25) is 5.91 Å². The van der Waals surface area contributed by atoms with Gasteiger partial charge in [0.25, 0.3) is 0 Å². The van der Waals surface area contributed by atoms with E-state index in [-0.39, 0.29) is 5.91 Å². The molecule has 0 saturated carbocycles. The molecule has 0 atom stereocenters. The molecule has 4 nitrogen and oxygen atoms in total. The van der Waals surface area contributed by atoms with E-state index >= 15 is 0 Å². The van der Waals surface area contributed by atoms with Crippen LogP contribution in [-0.2, 0) is 11.2 Å². The fourth-order valence-electron chi connectivity index (χ4n) is 3.08. The maximum Gasteiger partial charge on any atom is 0.224 e. The summed E-state index contributed by atoms with van der Waals surface area (Å²) >= 11 is 0. The Morgan fingerprint density at radius 2 is 1.48 bits per heavy atom. The fourth-order valence-corrected chi connectivity index (χ4v) is 3.08. The second kappa shape index (κ2) is 10.9. The number of carbonyl (C=O) groups is 1. The zero-order chi connectivity index (χ0) is 20.3. The molecule has 0 heterocycles. The average molecular weight is 389 g/mol. The fraction of sp³-hybridized carbons (Fsp3) is 0.240. The van der Waals surface area contributed by atoms with Crippen LogP contribution in [0.3, 0.4) is 0 Å². The lowest BCUT2D eigenvalue weighted by Crippen LogP contribution is -2.14. The minimum atomic E-state index is -0.00722. The second-order valence-electron chi connectivity index (χ2n) is 6.70. The number of carbonyl (C=O) groups excluding carboxylic acids is 1. The van der Waals surface area contributed by atoms with Crippen LogP contribution in [0.25, 0.3) is 0 Å². The molecule has 1 amide bonds. The Balaban J connectivity index is 1.49. The van der Waals surface area contributed by atoms with Crippen LogP contribution < -0.4 is 14.8 Å². The van der Waals surface area contributed by atoms with Crippen molar-refractivity contribution in [3.05, 3.63) is 90.0 Å². The Morgan fingerprint density at radius 1 is 0.828 bits per heavy atom. The summed E-state index contributed by atoms with van der Waals surface area (Å²) in [5.41, 5.74) is 3.19. The van der Waals surface area contributed by atoms with Gasteiger partial charge in [0.15, 0.2) is 11.5 Å².